The first-order chi connectivity index (χ1) is 6.79. The molecule has 76 valence electrons. The standard InChI is InChI=1S/C11H12.C3H8/c1-9-5-4-7-10-6-2-3-8-11(9)10;1-3-2/h2-6,8-9H,7H2,1H3;3H2,1-2H3. The number of fused-ring (bicyclic) bond motifs is 1. The van der Waals surface area contributed by atoms with Gasteiger partial charge in [0.25, 0.3) is 0 Å². The summed E-state index contributed by atoms with van der Waals surface area (Å²) in [5.41, 5.74) is 2.98. The molecule has 1 aromatic carbocycles. The highest BCUT2D eigenvalue weighted by Gasteiger charge is 2.09. The van der Waals surface area contributed by atoms with Crippen molar-refractivity contribution in [2.75, 3.05) is 0 Å². The maximum absolute atomic E-state index is 2.28. The van der Waals surface area contributed by atoms with Crippen molar-refractivity contribution in [3.63, 3.8) is 0 Å². The molecule has 1 aliphatic rings. The first-order valence-electron chi connectivity index (χ1n) is 5.54. The number of benzene rings is 1. The van der Waals surface area contributed by atoms with Gasteiger partial charge in [0.05, 0.1) is 0 Å². The Labute approximate surface area is 87.7 Å². The van der Waals surface area contributed by atoms with Crippen molar-refractivity contribution in [1.29, 1.82) is 0 Å². The van der Waals surface area contributed by atoms with E-state index in [0.717, 1.165) is 6.42 Å². The number of rotatable bonds is 0. The lowest BCUT2D eigenvalue weighted by Crippen LogP contribution is -2.00. The van der Waals surface area contributed by atoms with E-state index in [0.29, 0.717) is 5.92 Å². The molecule has 1 atom stereocenters. The summed E-state index contributed by atoms with van der Waals surface area (Å²) in [5, 5.41) is 0. The van der Waals surface area contributed by atoms with Crippen LogP contribution in [-0.4, -0.2) is 0 Å². The third-order valence-corrected chi connectivity index (χ3v) is 2.31. The van der Waals surface area contributed by atoms with Gasteiger partial charge in [-0.1, -0.05) is 63.6 Å². The minimum Gasteiger partial charge on any atom is -0.0835 e. The topological polar surface area (TPSA) is 0 Å². The van der Waals surface area contributed by atoms with E-state index in [9.17, 15) is 0 Å². The van der Waals surface area contributed by atoms with E-state index in [1.807, 2.05) is 0 Å². The van der Waals surface area contributed by atoms with E-state index in [1.165, 1.54) is 17.5 Å². The molecule has 0 heteroatoms. The molecule has 0 heterocycles. The van der Waals surface area contributed by atoms with Gasteiger partial charge in [-0.3, -0.25) is 0 Å². The van der Waals surface area contributed by atoms with Gasteiger partial charge in [-0.2, -0.15) is 0 Å². The van der Waals surface area contributed by atoms with E-state index < -0.39 is 0 Å². The summed E-state index contributed by atoms with van der Waals surface area (Å²) in [4.78, 5) is 0. The molecule has 2 rings (SSSR count). The molecular formula is C14H20. The summed E-state index contributed by atoms with van der Waals surface area (Å²) in [6.07, 6.45) is 6.90. The average molecular weight is 188 g/mol. The molecule has 0 aliphatic heterocycles. The van der Waals surface area contributed by atoms with E-state index >= 15 is 0 Å². The SMILES string of the molecule is CC1C=CCc2ccccc21.CCC. The van der Waals surface area contributed by atoms with Crippen LogP contribution < -0.4 is 0 Å². The largest absolute Gasteiger partial charge is 0.0835 e. The molecule has 0 amide bonds. The molecule has 1 unspecified atom stereocenters. The fourth-order valence-corrected chi connectivity index (χ4v) is 1.67. The van der Waals surface area contributed by atoms with Crippen LogP contribution in [0.1, 0.15) is 44.2 Å². The summed E-state index contributed by atoms with van der Waals surface area (Å²) in [6, 6.07) is 8.68. The van der Waals surface area contributed by atoms with Crippen LogP contribution in [0.2, 0.25) is 0 Å². The summed E-state index contributed by atoms with van der Waals surface area (Å²) < 4.78 is 0. The number of allylic oxidation sites excluding steroid dienone is 2. The molecule has 0 bridgehead atoms. The fraction of sp³-hybridized carbons (Fsp3) is 0.429. The minimum absolute atomic E-state index is 0.611. The molecular weight excluding hydrogens is 168 g/mol. The Hall–Kier alpha value is -1.04. The highest BCUT2D eigenvalue weighted by molar-refractivity contribution is 5.37. The van der Waals surface area contributed by atoms with Gasteiger partial charge in [-0.25, -0.2) is 0 Å². The molecule has 1 aromatic rings. The van der Waals surface area contributed by atoms with E-state index in [2.05, 4.69) is 57.2 Å². The molecule has 1 aliphatic carbocycles. The van der Waals surface area contributed by atoms with Gasteiger partial charge in [-0.15, -0.1) is 0 Å². The van der Waals surface area contributed by atoms with Gasteiger partial charge < -0.3 is 0 Å². The van der Waals surface area contributed by atoms with Crippen LogP contribution in [0.25, 0.3) is 0 Å². The molecule has 14 heavy (non-hydrogen) atoms. The quantitative estimate of drug-likeness (QED) is 0.532. The van der Waals surface area contributed by atoms with Gasteiger partial charge in [0.1, 0.15) is 0 Å². The van der Waals surface area contributed by atoms with Gasteiger partial charge in [0, 0.05) is 0 Å². The van der Waals surface area contributed by atoms with Crippen molar-refractivity contribution in [2.24, 2.45) is 0 Å². The van der Waals surface area contributed by atoms with Crippen molar-refractivity contribution in [3.8, 4) is 0 Å². The van der Waals surface area contributed by atoms with Crippen LogP contribution in [0.4, 0.5) is 0 Å². The first-order valence-corrected chi connectivity index (χ1v) is 5.54. The van der Waals surface area contributed by atoms with E-state index in [1.54, 1.807) is 0 Å². The highest BCUT2D eigenvalue weighted by atomic mass is 14.1. The van der Waals surface area contributed by atoms with Crippen LogP contribution in [0.3, 0.4) is 0 Å². The Balaban J connectivity index is 0.000000293. The molecule has 0 saturated carbocycles. The zero-order chi connectivity index (χ0) is 10.4. The van der Waals surface area contributed by atoms with Crippen LogP contribution in [-0.2, 0) is 6.42 Å². The smallest absolute Gasteiger partial charge is 0.000748 e. The summed E-state index contributed by atoms with van der Waals surface area (Å²) in [6.45, 7) is 6.49. The normalized spacial score (nSPS) is 18.1. The Morgan fingerprint density at radius 2 is 1.86 bits per heavy atom. The zero-order valence-electron chi connectivity index (χ0n) is 9.46. The molecule has 0 nitrogen and oxygen atoms in total. The Morgan fingerprint density at radius 1 is 1.21 bits per heavy atom. The fourth-order valence-electron chi connectivity index (χ4n) is 1.67. The van der Waals surface area contributed by atoms with Crippen molar-refractivity contribution in [1.82, 2.24) is 0 Å². The lowest BCUT2D eigenvalue weighted by atomic mass is 9.89. The molecule has 0 spiro atoms. The molecule has 0 aromatic heterocycles. The molecule has 0 N–H and O–H groups in total. The molecule has 0 radical (unpaired) electrons. The number of hydrogen-bond donors (Lipinski definition) is 0. The highest BCUT2D eigenvalue weighted by Crippen LogP contribution is 2.25. The van der Waals surface area contributed by atoms with Crippen LogP contribution >= 0.6 is 0 Å². The van der Waals surface area contributed by atoms with E-state index in [-0.39, 0.29) is 0 Å². The molecule has 0 saturated heterocycles. The molecule has 0 fully saturated rings. The van der Waals surface area contributed by atoms with Crippen molar-refractivity contribution >= 4 is 0 Å². The van der Waals surface area contributed by atoms with Crippen molar-refractivity contribution < 1.29 is 0 Å². The lowest BCUT2D eigenvalue weighted by molar-refractivity contribution is 0.908. The third-order valence-electron chi connectivity index (χ3n) is 2.31. The minimum atomic E-state index is 0.611. The maximum atomic E-state index is 2.28. The average Bonchev–Trinajstić information content (AvgIpc) is 2.20. The van der Waals surface area contributed by atoms with Crippen molar-refractivity contribution in [2.45, 2.75) is 39.5 Å². The summed E-state index contributed by atoms with van der Waals surface area (Å²) >= 11 is 0. The monoisotopic (exact) mass is 188 g/mol. The maximum Gasteiger partial charge on any atom is -0.000748 e. The second-order valence-electron chi connectivity index (χ2n) is 3.83. The third kappa shape index (κ3) is 2.73. The predicted octanol–water partition coefficient (Wildman–Crippen LogP) is 4.32. The second kappa shape index (κ2) is 5.64. The lowest BCUT2D eigenvalue weighted by Gasteiger charge is -2.16. The summed E-state index contributed by atoms with van der Waals surface area (Å²) in [7, 11) is 0. The van der Waals surface area contributed by atoms with Gasteiger partial charge in [0.2, 0.25) is 0 Å². The Morgan fingerprint density at radius 3 is 2.50 bits per heavy atom. The predicted molar refractivity (Wildman–Crippen MR) is 63.7 cm³/mol. The van der Waals surface area contributed by atoms with Crippen LogP contribution in [0, 0.1) is 0 Å². The van der Waals surface area contributed by atoms with Crippen LogP contribution in [0.5, 0.6) is 0 Å². The second-order valence-corrected chi connectivity index (χ2v) is 3.83. The Bertz CT molecular complexity index is 297. The van der Waals surface area contributed by atoms with Crippen LogP contribution in [0.15, 0.2) is 36.4 Å². The van der Waals surface area contributed by atoms with Gasteiger partial charge in [-0.05, 0) is 23.5 Å². The van der Waals surface area contributed by atoms with Crippen molar-refractivity contribution in [3.05, 3.63) is 47.5 Å². The Kier molecular flexibility index (Phi) is 4.45. The van der Waals surface area contributed by atoms with Gasteiger partial charge >= 0.3 is 0 Å². The first kappa shape index (κ1) is 11.0. The van der Waals surface area contributed by atoms with E-state index in [4.69, 9.17) is 0 Å². The van der Waals surface area contributed by atoms with Gasteiger partial charge in [0.15, 0.2) is 0 Å². The zero-order valence-corrected chi connectivity index (χ0v) is 9.46. The summed E-state index contributed by atoms with van der Waals surface area (Å²) in [5.74, 6) is 0.611. The number of hydrogen-bond acceptors (Lipinski definition) is 0.